The van der Waals surface area contributed by atoms with Crippen LogP contribution in [-0.4, -0.2) is 46.3 Å². The zero-order chi connectivity index (χ0) is 17.2. The number of H-pyrrole nitrogens is 1. The summed E-state index contributed by atoms with van der Waals surface area (Å²) in [6, 6.07) is 2.37. The predicted octanol–water partition coefficient (Wildman–Crippen LogP) is 1.26. The van der Waals surface area contributed by atoms with E-state index in [-0.39, 0.29) is 12.1 Å². The van der Waals surface area contributed by atoms with E-state index in [1.165, 1.54) is 13.0 Å². The van der Waals surface area contributed by atoms with Crippen molar-refractivity contribution in [1.29, 1.82) is 0 Å². The van der Waals surface area contributed by atoms with Crippen LogP contribution < -0.4 is 5.32 Å². The number of aromatic amines is 1. The van der Waals surface area contributed by atoms with Gasteiger partial charge < -0.3 is 10.1 Å². The van der Waals surface area contributed by atoms with E-state index >= 15 is 0 Å². The number of hydrogen-bond donors (Lipinski definition) is 2. The number of tetrazole rings is 1. The zero-order valence-corrected chi connectivity index (χ0v) is 13.1. The van der Waals surface area contributed by atoms with Gasteiger partial charge in [-0.3, -0.25) is 4.79 Å². The number of carbonyl (C=O) groups is 1. The molecule has 2 N–H and O–H groups in total. The van der Waals surface area contributed by atoms with E-state index in [0.29, 0.717) is 31.9 Å². The molecule has 1 saturated heterocycles. The van der Waals surface area contributed by atoms with Gasteiger partial charge in [-0.2, -0.15) is 5.21 Å². The van der Waals surface area contributed by atoms with Gasteiger partial charge in [0.1, 0.15) is 17.2 Å². The summed E-state index contributed by atoms with van der Waals surface area (Å²) in [5.41, 5.74) is -0.941. The number of rotatable bonds is 4. The highest BCUT2D eigenvalue weighted by Gasteiger charge is 2.39. The summed E-state index contributed by atoms with van der Waals surface area (Å²) in [6.07, 6.45) is 1.15. The lowest BCUT2D eigenvalue weighted by Crippen LogP contribution is -2.45. The molecule has 1 aliphatic heterocycles. The minimum absolute atomic E-state index is 0.140. The average Bonchev–Trinajstić information content (AvgIpc) is 3.13. The van der Waals surface area contributed by atoms with Gasteiger partial charge in [0.2, 0.25) is 0 Å². The Hall–Kier alpha value is -2.42. The molecule has 7 nitrogen and oxygen atoms in total. The molecule has 3 rings (SSSR count). The van der Waals surface area contributed by atoms with Crippen LogP contribution in [0, 0.1) is 18.6 Å². The summed E-state index contributed by atoms with van der Waals surface area (Å²) in [5, 5.41) is 16.6. The Morgan fingerprint density at radius 1 is 1.38 bits per heavy atom. The molecule has 1 aromatic heterocycles. The van der Waals surface area contributed by atoms with Gasteiger partial charge in [-0.05, 0) is 31.4 Å². The molecule has 0 radical (unpaired) electrons. The van der Waals surface area contributed by atoms with Crippen LogP contribution in [0.15, 0.2) is 12.1 Å². The molecule has 0 unspecified atom stereocenters. The van der Waals surface area contributed by atoms with E-state index in [9.17, 15) is 13.6 Å². The van der Waals surface area contributed by atoms with Crippen molar-refractivity contribution in [1.82, 2.24) is 25.9 Å². The van der Waals surface area contributed by atoms with E-state index < -0.39 is 28.5 Å². The minimum atomic E-state index is -0.892. The fourth-order valence-corrected chi connectivity index (χ4v) is 2.83. The van der Waals surface area contributed by atoms with Gasteiger partial charge in [0.05, 0.1) is 5.41 Å². The Labute approximate surface area is 136 Å². The Morgan fingerprint density at radius 3 is 2.79 bits per heavy atom. The number of carbonyl (C=O) groups excluding carboxylic acids is 1. The van der Waals surface area contributed by atoms with Crippen LogP contribution in [0.1, 0.15) is 34.6 Å². The minimum Gasteiger partial charge on any atom is -0.381 e. The lowest BCUT2D eigenvalue weighted by atomic mass is 9.79. The molecule has 1 aliphatic rings. The fourth-order valence-electron chi connectivity index (χ4n) is 2.83. The van der Waals surface area contributed by atoms with Gasteiger partial charge in [-0.1, -0.05) is 11.3 Å². The van der Waals surface area contributed by atoms with E-state index in [1.54, 1.807) is 0 Å². The summed E-state index contributed by atoms with van der Waals surface area (Å²) in [5.74, 6) is -2.09. The van der Waals surface area contributed by atoms with Crippen LogP contribution in [0.2, 0.25) is 0 Å². The van der Waals surface area contributed by atoms with Gasteiger partial charge in [-0.25, -0.2) is 8.78 Å². The summed E-state index contributed by atoms with van der Waals surface area (Å²) in [6.45, 7) is 2.58. The SMILES string of the molecule is Cc1ccc(F)c(C(=O)NCC2(c3nn[nH]n3)CCOCC2)c1F. The smallest absolute Gasteiger partial charge is 0.257 e. The lowest BCUT2D eigenvalue weighted by molar-refractivity contribution is 0.0456. The van der Waals surface area contributed by atoms with Crippen molar-refractivity contribution in [3.63, 3.8) is 0 Å². The maximum atomic E-state index is 14.1. The highest BCUT2D eigenvalue weighted by atomic mass is 19.1. The lowest BCUT2D eigenvalue weighted by Gasteiger charge is -2.34. The van der Waals surface area contributed by atoms with Gasteiger partial charge >= 0.3 is 0 Å². The second kappa shape index (κ2) is 6.60. The molecule has 1 fully saturated rings. The Balaban J connectivity index is 1.81. The first-order valence-electron chi connectivity index (χ1n) is 7.58. The van der Waals surface area contributed by atoms with Crippen molar-refractivity contribution in [2.45, 2.75) is 25.2 Å². The van der Waals surface area contributed by atoms with Crippen LogP contribution in [0.5, 0.6) is 0 Å². The molecule has 24 heavy (non-hydrogen) atoms. The number of benzene rings is 1. The van der Waals surface area contributed by atoms with Crippen molar-refractivity contribution in [2.24, 2.45) is 0 Å². The van der Waals surface area contributed by atoms with Crippen LogP contribution in [0.3, 0.4) is 0 Å². The van der Waals surface area contributed by atoms with Crippen LogP contribution in [-0.2, 0) is 10.2 Å². The number of ether oxygens (including phenoxy) is 1. The quantitative estimate of drug-likeness (QED) is 0.876. The number of hydrogen-bond acceptors (Lipinski definition) is 5. The standard InChI is InChI=1S/C15H17F2N5O2/c1-9-2-3-10(16)11(12(9)17)13(23)18-8-15(4-6-24-7-5-15)14-19-21-22-20-14/h2-3H,4-8H2,1H3,(H,18,23)(H,19,20,21,22). The molecule has 0 aliphatic carbocycles. The van der Waals surface area contributed by atoms with Crippen molar-refractivity contribution >= 4 is 5.91 Å². The molecule has 0 spiro atoms. The van der Waals surface area contributed by atoms with E-state index in [4.69, 9.17) is 4.74 Å². The highest BCUT2D eigenvalue weighted by molar-refractivity contribution is 5.95. The first-order valence-corrected chi connectivity index (χ1v) is 7.58. The molecular weight excluding hydrogens is 320 g/mol. The molecule has 2 aromatic rings. The van der Waals surface area contributed by atoms with Crippen molar-refractivity contribution in [3.8, 4) is 0 Å². The zero-order valence-electron chi connectivity index (χ0n) is 13.1. The second-order valence-electron chi connectivity index (χ2n) is 5.86. The van der Waals surface area contributed by atoms with Gasteiger partial charge in [0.25, 0.3) is 5.91 Å². The highest BCUT2D eigenvalue weighted by Crippen LogP contribution is 2.31. The maximum Gasteiger partial charge on any atom is 0.257 e. The summed E-state index contributed by atoms with van der Waals surface area (Å²) in [4.78, 5) is 12.3. The molecule has 1 aromatic carbocycles. The second-order valence-corrected chi connectivity index (χ2v) is 5.86. The topological polar surface area (TPSA) is 92.8 Å². The van der Waals surface area contributed by atoms with E-state index in [0.717, 1.165) is 6.07 Å². The van der Waals surface area contributed by atoms with Crippen LogP contribution >= 0.6 is 0 Å². The molecule has 0 saturated carbocycles. The third-order valence-electron chi connectivity index (χ3n) is 4.37. The maximum absolute atomic E-state index is 14.1. The Morgan fingerprint density at radius 2 is 2.12 bits per heavy atom. The van der Waals surface area contributed by atoms with Crippen molar-refractivity contribution in [2.75, 3.05) is 19.8 Å². The number of nitrogens with zero attached hydrogens (tertiary/aromatic N) is 3. The molecule has 0 bridgehead atoms. The molecule has 1 amide bonds. The van der Waals surface area contributed by atoms with Gasteiger partial charge in [-0.15, -0.1) is 10.2 Å². The third-order valence-corrected chi connectivity index (χ3v) is 4.37. The summed E-state index contributed by atoms with van der Waals surface area (Å²) in [7, 11) is 0. The first kappa shape index (κ1) is 16.4. The largest absolute Gasteiger partial charge is 0.381 e. The Kier molecular flexibility index (Phi) is 4.52. The summed E-state index contributed by atoms with van der Waals surface area (Å²) < 4.78 is 33.3. The van der Waals surface area contributed by atoms with E-state index in [2.05, 4.69) is 25.9 Å². The van der Waals surface area contributed by atoms with Crippen molar-refractivity contribution in [3.05, 3.63) is 40.7 Å². The van der Waals surface area contributed by atoms with Crippen molar-refractivity contribution < 1.29 is 18.3 Å². The number of halogens is 2. The monoisotopic (exact) mass is 337 g/mol. The third kappa shape index (κ3) is 2.99. The predicted molar refractivity (Wildman–Crippen MR) is 79.3 cm³/mol. The van der Waals surface area contributed by atoms with E-state index in [1.807, 2.05) is 0 Å². The first-order chi connectivity index (χ1) is 11.5. The van der Waals surface area contributed by atoms with Crippen LogP contribution in [0.4, 0.5) is 8.78 Å². The molecule has 2 heterocycles. The molecular formula is C15H17F2N5O2. The Bertz CT molecular complexity index is 730. The van der Waals surface area contributed by atoms with Gasteiger partial charge in [0, 0.05) is 19.8 Å². The molecule has 128 valence electrons. The summed E-state index contributed by atoms with van der Waals surface area (Å²) >= 11 is 0. The number of aryl methyl sites for hydroxylation is 1. The fraction of sp³-hybridized carbons (Fsp3) is 0.467. The average molecular weight is 337 g/mol. The number of amides is 1. The molecule has 0 atom stereocenters. The number of nitrogens with one attached hydrogen (secondary N) is 2. The normalized spacial score (nSPS) is 16.8. The van der Waals surface area contributed by atoms with Crippen LogP contribution in [0.25, 0.3) is 0 Å². The molecule has 9 heteroatoms. The van der Waals surface area contributed by atoms with Gasteiger partial charge in [0.15, 0.2) is 5.82 Å². The number of aromatic nitrogens is 4.